The van der Waals surface area contributed by atoms with Gasteiger partial charge in [-0.15, -0.1) is 0 Å². The van der Waals surface area contributed by atoms with E-state index in [1.54, 1.807) is 11.8 Å². The largest absolute Gasteiger partial charge is 0.480 e. The first-order valence-corrected chi connectivity index (χ1v) is 5.84. The van der Waals surface area contributed by atoms with Gasteiger partial charge in [-0.1, -0.05) is 0 Å². The van der Waals surface area contributed by atoms with E-state index in [4.69, 9.17) is 0 Å². The first-order valence-electron chi connectivity index (χ1n) is 5.84. The summed E-state index contributed by atoms with van der Waals surface area (Å²) in [6, 6.07) is -0.170. The van der Waals surface area contributed by atoms with E-state index in [2.05, 4.69) is 5.32 Å². The van der Waals surface area contributed by atoms with Crippen LogP contribution in [0.25, 0.3) is 0 Å². The number of likely N-dealkylation sites (tertiary alicyclic amines) is 1. The molecule has 2 saturated heterocycles. The predicted octanol–water partition coefficient (Wildman–Crippen LogP) is 0.204. The zero-order valence-electron chi connectivity index (χ0n) is 9.53. The van der Waals surface area contributed by atoms with Crippen molar-refractivity contribution in [3.05, 3.63) is 0 Å². The maximum atomic E-state index is 12.2. The molecular weight excluding hydrogens is 208 g/mol. The van der Waals surface area contributed by atoms with E-state index < -0.39 is 11.5 Å². The Balaban J connectivity index is 2.13. The van der Waals surface area contributed by atoms with Crippen molar-refractivity contribution in [2.75, 3.05) is 13.1 Å². The summed E-state index contributed by atoms with van der Waals surface area (Å²) in [5, 5.41) is 12.3. The zero-order chi connectivity index (χ0) is 11.8. The number of nitrogens with one attached hydrogen (secondary N) is 1. The van der Waals surface area contributed by atoms with Crippen LogP contribution in [0.1, 0.15) is 32.6 Å². The number of carbonyl (C=O) groups excluding carboxylic acids is 1. The molecule has 2 fully saturated rings. The summed E-state index contributed by atoms with van der Waals surface area (Å²) < 4.78 is 0. The Morgan fingerprint density at radius 2 is 2.19 bits per heavy atom. The van der Waals surface area contributed by atoms with Crippen LogP contribution >= 0.6 is 0 Å². The Kier molecular flexibility index (Phi) is 2.88. The summed E-state index contributed by atoms with van der Waals surface area (Å²) in [5.41, 5.74) is -0.999. The fraction of sp³-hybridized carbons (Fsp3) is 0.818. The maximum Gasteiger partial charge on any atom is 0.329 e. The van der Waals surface area contributed by atoms with Crippen LogP contribution in [0.3, 0.4) is 0 Å². The highest BCUT2D eigenvalue weighted by Gasteiger charge is 2.47. The lowest BCUT2D eigenvalue weighted by Crippen LogP contribution is -2.55. The highest BCUT2D eigenvalue weighted by molar-refractivity contribution is 5.90. The van der Waals surface area contributed by atoms with Crippen LogP contribution in [0.4, 0.5) is 0 Å². The molecule has 2 aliphatic heterocycles. The number of nitrogens with zero attached hydrogens (tertiary/aromatic N) is 1. The average Bonchev–Trinajstić information content (AvgIpc) is 2.85. The molecule has 0 saturated carbocycles. The number of carboxylic acids is 1. The number of amides is 1. The van der Waals surface area contributed by atoms with Gasteiger partial charge in [-0.25, -0.2) is 4.79 Å². The van der Waals surface area contributed by atoms with Crippen LogP contribution < -0.4 is 5.32 Å². The first-order chi connectivity index (χ1) is 7.55. The third kappa shape index (κ3) is 1.69. The zero-order valence-corrected chi connectivity index (χ0v) is 9.53. The Hall–Kier alpha value is -1.10. The van der Waals surface area contributed by atoms with E-state index in [1.165, 1.54) is 0 Å². The Morgan fingerprint density at radius 1 is 1.44 bits per heavy atom. The third-order valence-electron chi connectivity index (χ3n) is 3.73. The van der Waals surface area contributed by atoms with Crippen molar-refractivity contribution in [2.45, 2.75) is 44.2 Å². The van der Waals surface area contributed by atoms with Gasteiger partial charge in [0, 0.05) is 6.54 Å². The second kappa shape index (κ2) is 4.05. The molecule has 16 heavy (non-hydrogen) atoms. The Morgan fingerprint density at radius 3 is 2.75 bits per heavy atom. The van der Waals surface area contributed by atoms with Gasteiger partial charge < -0.3 is 15.3 Å². The number of aliphatic carboxylic acids is 1. The number of carboxylic acid groups (broad SMARTS) is 1. The number of hydrogen-bond acceptors (Lipinski definition) is 3. The SMILES string of the molecule is CC1(C(=O)O)CCCN1C(=O)C1CCCN1. The second-order valence-corrected chi connectivity index (χ2v) is 4.82. The van der Waals surface area contributed by atoms with Crippen LogP contribution in [0, 0.1) is 0 Å². The normalized spacial score (nSPS) is 34.3. The third-order valence-corrected chi connectivity index (χ3v) is 3.73. The predicted molar refractivity (Wildman–Crippen MR) is 58.0 cm³/mol. The molecule has 2 atom stereocenters. The summed E-state index contributed by atoms with van der Waals surface area (Å²) in [6.07, 6.45) is 3.15. The Labute approximate surface area is 94.8 Å². The molecule has 2 heterocycles. The second-order valence-electron chi connectivity index (χ2n) is 4.82. The van der Waals surface area contributed by atoms with Crippen LogP contribution in [0.2, 0.25) is 0 Å². The van der Waals surface area contributed by atoms with E-state index in [9.17, 15) is 14.7 Å². The minimum absolute atomic E-state index is 0.0418. The van der Waals surface area contributed by atoms with Crippen molar-refractivity contribution < 1.29 is 14.7 Å². The molecule has 2 aliphatic rings. The molecular formula is C11H18N2O3. The van der Waals surface area contributed by atoms with Gasteiger partial charge in [0.05, 0.1) is 6.04 Å². The molecule has 2 rings (SSSR count). The quantitative estimate of drug-likeness (QED) is 0.706. The number of hydrogen-bond donors (Lipinski definition) is 2. The lowest BCUT2D eigenvalue weighted by atomic mass is 9.98. The lowest BCUT2D eigenvalue weighted by molar-refractivity contribution is -0.156. The fourth-order valence-electron chi connectivity index (χ4n) is 2.62. The summed E-state index contributed by atoms with van der Waals surface area (Å²) in [6.45, 7) is 3.07. The van der Waals surface area contributed by atoms with Gasteiger partial charge in [-0.2, -0.15) is 0 Å². The smallest absolute Gasteiger partial charge is 0.329 e. The average molecular weight is 226 g/mol. The van der Waals surface area contributed by atoms with Crippen LogP contribution in [0.15, 0.2) is 0 Å². The molecule has 90 valence electrons. The minimum Gasteiger partial charge on any atom is -0.480 e. The minimum atomic E-state index is -0.999. The molecule has 1 amide bonds. The van der Waals surface area contributed by atoms with Gasteiger partial charge in [0.1, 0.15) is 5.54 Å². The van der Waals surface area contributed by atoms with Gasteiger partial charge in [-0.05, 0) is 39.2 Å². The summed E-state index contributed by atoms with van der Waals surface area (Å²) in [7, 11) is 0. The van der Waals surface area contributed by atoms with Crippen molar-refractivity contribution >= 4 is 11.9 Å². The van der Waals surface area contributed by atoms with Crippen LogP contribution in [-0.4, -0.2) is 46.6 Å². The molecule has 0 spiro atoms. The van der Waals surface area contributed by atoms with E-state index in [1.807, 2.05) is 0 Å². The fourth-order valence-corrected chi connectivity index (χ4v) is 2.62. The molecule has 0 aromatic carbocycles. The Bertz CT molecular complexity index is 312. The molecule has 5 nitrogen and oxygen atoms in total. The van der Waals surface area contributed by atoms with Crippen molar-refractivity contribution in [3.8, 4) is 0 Å². The highest BCUT2D eigenvalue weighted by atomic mass is 16.4. The van der Waals surface area contributed by atoms with E-state index in [0.29, 0.717) is 13.0 Å². The van der Waals surface area contributed by atoms with Gasteiger partial charge in [0.15, 0.2) is 0 Å². The van der Waals surface area contributed by atoms with Gasteiger partial charge >= 0.3 is 5.97 Å². The molecule has 5 heteroatoms. The van der Waals surface area contributed by atoms with E-state index in [-0.39, 0.29) is 11.9 Å². The molecule has 0 bridgehead atoms. The topological polar surface area (TPSA) is 69.6 Å². The van der Waals surface area contributed by atoms with Crippen molar-refractivity contribution in [1.29, 1.82) is 0 Å². The van der Waals surface area contributed by atoms with E-state index >= 15 is 0 Å². The standard InChI is InChI=1S/C11H18N2O3/c1-11(10(15)16)5-3-7-13(11)9(14)8-4-2-6-12-8/h8,12H,2-7H2,1H3,(H,15,16). The lowest BCUT2D eigenvalue weighted by Gasteiger charge is -2.33. The number of carbonyl (C=O) groups is 2. The summed E-state index contributed by atoms with van der Waals surface area (Å²) >= 11 is 0. The monoisotopic (exact) mass is 226 g/mol. The molecule has 0 radical (unpaired) electrons. The molecule has 0 aromatic rings. The van der Waals surface area contributed by atoms with Crippen LogP contribution in [0.5, 0.6) is 0 Å². The number of rotatable bonds is 2. The molecule has 2 unspecified atom stereocenters. The highest BCUT2D eigenvalue weighted by Crippen LogP contribution is 2.30. The molecule has 0 aliphatic carbocycles. The summed E-state index contributed by atoms with van der Waals surface area (Å²) in [5.74, 6) is -0.934. The maximum absolute atomic E-state index is 12.2. The molecule has 2 N–H and O–H groups in total. The van der Waals surface area contributed by atoms with E-state index in [0.717, 1.165) is 25.8 Å². The van der Waals surface area contributed by atoms with Crippen molar-refractivity contribution in [1.82, 2.24) is 10.2 Å². The van der Waals surface area contributed by atoms with Gasteiger partial charge in [0.25, 0.3) is 0 Å². The van der Waals surface area contributed by atoms with Crippen molar-refractivity contribution in [2.24, 2.45) is 0 Å². The van der Waals surface area contributed by atoms with Gasteiger partial charge in [-0.3, -0.25) is 4.79 Å². The van der Waals surface area contributed by atoms with Crippen LogP contribution in [-0.2, 0) is 9.59 Å². The molecule has 0 aromatic heterocycles. The first kappa shape index (κ1) is 11.4. The van der Waals surface area contributed by atoms with Crippen molar-refractivity contribution in [3.63, 3.8) is 0 Å². The van der Waals surface area contributed by atoms with Gasteiger partial charge in [0.2, 0.25) is 5.91 Å². The summed E-state index contributed by atoms with van der Waals surface area (Å²) in [4.78, 5) is 24.9.